The van der Waals surface area contributed by atoms with Gasteiger partial charge in [-0.05, 0) is 36.4 Å². The number of alkyl halides is 3. The highest BCUT2D eigenvalue weighted by Crippen LogP contribution is 2.24. The predicted octanol–water partition coefficient (Wildman–Crippen LogP) is 3.41. The van der Waals surface area contributed by atoms with Gasteiger partial charge in [-0.15, -0.1) is 13.2 Å². The summed E-state index contributed by atoms with van der Waals surface area (Å²) in [7, 11) is 0. The van der Waals surface area contributed by atoms with Crippen LogP contribution in [0.3, 0.4) is 0 Å². The predicted molar refractivity (Wildman–Crippen MR) is 77.2 cm³/mol. The van der Waals surface area contributed by atoms with Crippen LogP contribution in [0, 0.1) is 0 Å². The molecule has 23 heavy (non-hydrogen) atoms. The largest absolute Gasteiger partial charge is 0.573 e. The Morgan fingerprint density at radius 1 is 1.04 bits per heavy atom. The van der Waals surface area contributed by atoms with E-state index in [0.29, 0.717) is 12.1 Å². The van der Waals surface area contributed by atoms with Gasteiger partial charge in [0.15, 0.2) is 0 Å². The first-order valence-corrected chi connectivity index (χ1v) is 6.35. The molecule has 2 amide bonds. The highest BCUT2D eigenvalue weighted by atomic mass is 19.4. The minimum absolute atomic E-state index is 0.218. The zero-order chi connectivity index (χ0) is 16.9. The lowest BCUT2D eigenvalue weighted by Crippen LogP contribution is -2.17. The van der Waals surface area contributed by atoms with E-state index in [0.717, 1.165) is 12.1 Å². The van der Waals surface area contributed by atoms with Crippen LogP contribution in [-0.4, -0.2) is 18.7 Å². The first kappa shape index (κ1) is 16.3. The van der Waals surface area contributed by atoms with Crippen molar-refractivity contribution in [1.29, 1.82) is 0 Å². The molecule has 120 valence electrons. The van der Waals surface area contributed by atoms with Crippen molar-refractivity contribution in [3.63, 3.8) is 0 Å². The highest BCUT2D eigenvalue weighted by molar-refractivity contribution is 6.08. The molecule has 5 nitrogen and oxygen atoms in total. The third kappa shape index (κ3) is 4.73. The fourth-order valence-corrected chi connectivity index (χ4v) is 1.81. The van der Waals surface area contributed by atoms with Crippen LogP contribution in [0.15, 0.2) is 48.5 Å². The average Bonchev–Trinajstić information content (AvgIpc) is 2.48. The summed E-state index contributed by atoms with van der Waals surface area (Å²) in [6, 6.07) is 11.0. The SMILES string of the molecule is O=CNc1ccccc1C(=O)Nc1ccc(OC(F)(F)F)cc1. The first-order valence-electron chi connectivity index (χ1n) is 6.35. The molecule has 0 aliphatic heterocycles. The van der Waals surface area contributed by atoms with Gasteiger partial charge in [-0.1, -0.05) is 12.1 Å². The van der Waals surface area contributed by atoms with Crippen molar-refractivity contribution < 1.29 is 27.5 Å². The molecule has 2 rings (SSSR count). The number of carbonyl (C=O) groups is 2. The third-order valence-corrected chi connectivity index (χ3v) is 2.73. The second kappa shape index (κ2) is 6.82. The summed E-state index contributed by atoms with van der Waals surface area (Å²) in [6.07, 6.45) is -4.33. The number of benzene rings is 2. The van der Waals surface area contributed by atoms with Gasteiger partial charge in [0.1, 0.15) is 5.75 Å². The molecule has 0 radical (unpaired) electrons. The van der Waals surface area contributed by atoms with E-state index in [-0.39, 0.29) is 11.3 Å². The van der Waals surface area contributed by atoms with Gasteiger partial charge in [0.2, 0.25) is 6.41 Å². The van der Waals surface area contributed by atoms with Crippen molar-refractivity contribution in [2.45, 2.75) is 6.36 Å². The van der Waals surface area contributed by atoms with Gasteiger partial charge < -0.3 is 15.4 Å². The van der Waals surface area contributed by atoms with E-state index >= 15 is 0 Å². The van der Waals surface area contributed by atoms with Gasteiger partial charge in [0, 0.05) is 5.69 Å². The molecule has 0 fully saturated rings. The summed E-state index contributed by atoms with van der Waals surface area (Å²) < 4.78 is 39.9. The molecule has 2 aromatic carbocycles. The number of ether oxygens (including phenoxy) is 1. The number of rotatable bonds is 5. The molecule has 0 spiro atoms. The average molecular weight is 324 g/mol. The Hall–Kier alpha value is -3.03. The van der Waals surface area contributed by atoms with Gasteiger partial charge in [0.05, 0.1) is 11.3 Å². The summed E-state index contributed by atoms with van der Waals surface area (Å²) in [5, 5.41) is 4.91. The molecule has 0 aromatic heterocycles. The summed E-state index contributed by atoms with van der Waals surface area (Å²) >= 11 is 0. The Kier molecular flexibility index (Phi) is 4.85. The van der Waals surface area contributed by atoms with Crippen molar-refractivity contribution in [3.05, 3.63) is 54.1 Å². The van der Waals surface area contributed by atoms with E-state index in [2.05, 4.69) is 15.4 Å². The van der Waals surface area contributed by atoms with Gasteiger partial charge in [-0.2, -0.15) is 0 Å². The van der Waals surface area contributed by atoms with Crippen LogP contribution in [0.1, 0.15) is 10.4 Å². The van der Waals surface area contributed by atoms with Crippen LogP contribution >= 0.6 is 0 Å². The summed E-state index contributed by atoms with van der Waals surface area (Å²) in [6.45, 7) is 0. The molecule has 0 saturated heterocycles. The number of halogens is 3. The van der Waals surface area contributed by atoms with Crippen LogP contribution in [0.5, 0.6) is 5.75 Å². The van der Waals surface area contributed by atoms with Gasteiger partial charge in [0.25, 0.3) is 5.91 Å². The van der Waals surface area contributed by atoms with E-state index < -0.39 is 18.0 Å². The second-order valence-electron chi connectivity index (χ2n) is 4.33. The monoisotopic (exact) mass is 324 g/mol. The number of hydrogen-bond donors (Lipinski definition) is 2. The van der Waals surface area contributed by atoms with E-state index in [1.165, 1.54) is 18.2 Å². The molecule has 0 bridgehead atoms. The van der Waals surface area contributed by atoms with Crippen molar-refractivity contribution in [2.75, 3.05) is 10.6 Å². The normalized spacial score (nSPS) is 10.7. The zero-order valence-electron chi connectivity index (χ0n) is 11.6. The van der Waals surface area contributed by atoms with E-state index in [4.69, 9.17) is 0 Å². The van der Waals surface area contributed by atoms with Gasteiger partial charge in [-0.25, -0.2) is 0 Å². The lowest BCUT2D eigenvalue weighted by molar-refractivity contribution is -0.274. The quantitative estimate of drug-likeness (QED) is 0.828. The molecule has 0 aliphatic carbocycles. The van der Waals surface area contributed by atoms with E-state index in [1.807, 2.05) is 0 Å². The topological polar surface area (TPSA) is 67.4 Å². The van der Waals surface area contributed by atoms with Crippen LogP contribution in [0.25, 0.3) is 0 Å². The molecular weight excluding hydrogens is 313 g/mol. The Morgan fingerprint density at radius 2 is 1.70 bits per heavy atom. The lowest BCUT2D eigenvalue weighted by Gasteiger charge is -2.11. The molecule has 0 atom stereocenters. The molecule has 0 aliphatic rings. The number of hydrogen-bond acceptors (Lipinski definition) is 3. The van der Waals surface area contributed by atoms with Gasteiger partial charge in [-0.3, -0.25) is 9.59 Å². The summed E-state index contributed by atoms with van der Waals surface area (Å²) in [5.41, 5.74) is 0.817. The Balaban J connectivity index is 2.10. The van der Waals surface area contributed by atoms with Crippen molar-refractivity contribution >= 4 is 23.7 Å². The second-order valence-corrected chi connectivity index (χ2v) is 4.33. The standard InChI is InChI=1S/C15H11F3N2O3/c16-15(17,18)23-11-7-5-10(6-8-11)20-14(22)12-3-1-2-4-13(12)19-9-21/h1-9H,(H,19,21)(H,20,22). The van der Waals surface area contributed by atoms with Gasteiger partial charge >= 0.3 is 6.36 Å². The molecule has 2 N–H and O–H groups in total. The third-order valence-electron chi connectivity index (χ3n) is 2.73. The number of nitrogens with one attached hydrogen (secondary N) is 2. The minimum Gasteiger partial charge on any atom is -0.406 e. The maximum atomic E-state index is 12.1. The number of anilines is 2. The number of para-hydroxylation sites is 1. The Bertz CT molecular complexity index is 700. The van der Waals surface area contributed by atoms with E-state index in [1.54, 1.807) is 18.2 Å². The first-order chi connectivity index (χ1) is 10.9. The van der Waals surface area contributed by atoms with Crippen molar-refractivity contribution in [3.8, 4) is 5.75 Å². The lowest BCUT2D eigenvalue weighted by atomic mass is 10.1. The smallest absolute Gasteiger partial charge is 0.406 e. The summed E-state index contributed by atoms with van der Waals surface area (Å²) in [5.74, 6) is -0.905. The maximum absolute atomic E-state index is 12.1. The van der Waals surface area contributed by atoms with E-state index in [9.17, 15) is 22.8 Å². The molecular formula is C15H11F3N2O3. The fraction of sp³-hybridized carbons (Fsp3) is 0.0667. The fourth-order valence-electron chi connectivity index (χ4n) is 1.81. The minimum atomic E-state index is -4.77. The Labute approximate surface area is 129 Å². The van der Waals surface area contributed by atoms with Crippen molar-refractivity contribution in [2.24, 2.45) is 0 Å². The highest BCUT2D eigenvalue weighted by Gasteiger charge is 2.30. The Morgan fingerprint density at radius 3 is 2.30 bits per heavy atom. The van der Waals surface area contributed by atoms with Crippen LogP contribution < -0.4 is 15.4 Å². The number of amides is 2. The number of carbonyl (C=O) groups excluding carboxylic acids is 2. The summed E-state index contributed by atoms with van der Waals surface area (Å²) in [4.78, 5) is 22.7. The van der Waals surface area contributed by atoms with Crippen molar-refractivity contribution in [1.82, 2.24) is 0 Å². The van der Waals surface area contributed by atoms with Crippen LogP contribution in [-0.2, 0) is 4.79 Å². The van der Waals surface area contributed by atoms with Crippen LogP contribution in [0.2, 0.25) is 0 Å². The maximum Gasteiger partial charge on any atom is 0.573 e. The molecule has 2 aromatic rings. The molecule has 0 saturated carbocycles. The molecule has 8 heteroatoms. The van der Waals surface area contributed by atoms with Crippen LogP contribution in [0.4, 0.5) is 24.5 Å². The zero-order valence-corrected chi connectivity index (χ0v) is 11.6. The molecule has 0 unspecified atom stereocenters. The molecule has 0 heterocycles.